The molecule has 0 atom stereocenters. The van der Waals surface area contributed by atoms with E-state index in [4.69, 9.17) is 16.3 Å². The maximum atomic E-state index is 5.95. The highest BCUT2D eigenvalue weighted by atomic mass is 35.5. The molecule has 0 radical (unpaired) electrons. The van der Waals surface area contributed by atoms with Gasteiger partial charge in [0, 0.05) is 6.20 Å². The first kappa shape index (κ1) is 15.3. The van der Waals surface area contributed by atoms with Gasteiger partial charge in [0.05, 0.1) is 17.8 Å². The summed E-state index contributed by atoms with van der Waals surface area (Å²) < 4.78 is 5.29. The Labute approximate surface area is 119 Å². The van der Waals surface area contributed by atoms with Crippen LogP contribution in [-0.4, -0.2) is 12.9 Å². The number of hydrogen-bond acceptors (Lipinski definition) is 2. The van der Waals surface area contributed by atoms with E-state index in [1.165, 1.54) is 0 Å². The molecule has 3 nitrogen and oxygen atoms in total. The second-order valence-electron chi connectivity index (χ2n) is 4.30. The number of rotatable bonds is 4. The van der Waals surface area contributed by atoms with Crippen molar-refractivity contribution in [3.05, 3.63) is 47.1 Å². The van der Waals surface area contributed by atoms with Crippen LogP contribution in [0.5, 0.6) is 5.75 Å². The molecule has 0 aromatic heterocycles. The maximum absolute atomic E-state index is 5.95. The number of aliphatic imine (C=N–C) groups is 1. The lowest BCUT2D eigenvalue weighted by Crippen LogP contribution is -2.08. The number of ether oxygens (including phenoxy) is 1. The van der Waals surface area contributed by atoms with Crippen molar-refractivity contribution in [1.29, 1.82) is 0 Å². The summed E-state index contributed by atoms with van der Waals surface area (Å²) in [5, 5.41) is 3.73. The highest BCUT2D eigenvalue weighted by Crippen LogP contribution is 2.25. The number of allylic oxidation sites excluding steroid dienone is 2. The summed E-state index contributed by atoms with van der Waals surface area (Å²) in [6.07, 6.45) is 1.58. The third-order valence-corrected chi connectivity index (χ3v) is 2.87. The molecule has 1 N–H and O–H groups in total. The van der Waals surface area contributed by atoms with Gasteiger partial charge in [-0.2, -0.15) is 0 Å². The van der Waals surface area contributed by atoms with E-state index >= 15 is 0 Å². The van der Waals surface area contributed by atoms with Crippen LogP contribution in [0.3, 0.4) is 0 Å². The zero-order valence-corrected chi connectivity index (χ0v) is 12.5. The van der Waals surface area contributed by atoms with Crippen LogP contribution >= 0.6 is 11.6 Å². The Morgan fingerprint density at radius 2 is 2.11 bits per heavy atom. The summed E-state index contributed by atoms with van der Waals surface area (Å²) in [6, 6.07) is 5.91. The second kappa shape index (κ2) is 7.00. The lowest BCUT2D eigenvalue weighted by atomic mass is 10.2. The third-order valence-electron chi connectivity index (χ3n) is 2.45. The maximum Gasteiger partial charge on any atom is 0.142 e. The van der Waals surface area contributed by atoms with Crippen LogP contribution in [-0.2, 0) is 0 Å². The first-order valence-electron chi connectivity index (χ1n) is 5.91. The Balaban J connectivity index is 2.90. The zero-order valence-electron chi connectivity index (χ0n) is 11.7. The minimum atomic E-state index is 0.539. The molecule has 0 aliphatic rings. The van der Waals surface area contributed by atoms with Crippen molar-refractivity contribution in [3.63, 3.8) is 0 Å². The van der Waals surface area contributed by atoms with E-state index in [-0.39, 0.29) is 0 Å². The molecule has 19 heavy (non-hydrogen) atoms. The molecule has 0 fully saturated rings. The Morgan fingerprint density at radius 1 is 1.42 bits per heavy atom. The predicted octanol–water partition coefficient (Wildman–Crippen LogP) is 4.49. The molecule has 0 amide bonds. The Kier molecular flexibility index (Phi) is 5.64. The molecule has 1 aromatic rings. The van der Waals surface area contributed by atoms with Gasteiger partial charge in [-0.05, 0) is 44.0 Å². The van der Waals surface area contributed by atoms with Crippen molar-refractivity contribution >= 4 is 23.1 Å². The third kappa shape index (κ3) is 4.79. The highest BCUT2D eigenvalue weighted by Gasteiger charge is 2.03. The van der Waals surface area contributed by atoms with E-state index in [9.17, 15) is 0 Å². The first-order valence-corrected chi connectivity index (χ1v) is 6.29. The molecule has 0 aliphatic carbocycles. The highest BCUT2D eigenvalue weighted by molar-refractivity contribution is 6.31. The lowest BCUT2D eigenvalue weighted by molar-refractivity contribution is 0.417. The zero-order chi connectivity index (χ0) is 14.4. The first-order chi connectivity index (χ1) is 8.93. The number of aryl methyl sites for hydroxylation is 1. The summed E-state index contributed by atoms with van der Waals surface area (Å²) in [5.41, 5.74) is 2.81. The van der Waals surface area contributed by atoms with E-state index in [1.54, 1.807) is 13.3 Å². The summed E-state index contributed by atoms with van der Waals surface area (Å²) in [4.78, 5) is 4.24. The van der Waals surface area contributed by atoms with E-state index in [2.05, 4.69) is 16.9 Å². The SMILES string of the molecule is C=C(C)/C(Cl)=C\N=C(/C)Nc1cc(C)ccc1OC. The van der Waals surface area contributed by atoms with Crippen molar-refractivity contribution in [1.82, 2.24) is 0 Å². The molecule has 0 aliphatic heterocycles. The Bertz CT molecular complexity index is 533. The normalized spacial score (nSPS) is 12.3. The minimum Gasteiger partial charge on any atom is -0.495 e. The van der Waals surface area contributed by atoms with E-state index in [0.717, 1.165) is 28.4 Å². The summed E-state index contributed by atoms with van der Waals surface area (Å²) >= 11 is 5.95. The van der Waals surface area contributed by atoms with E-state index in [0.29, 0.717) is 5.03 Å². The van der Waals surface area contributed by atoms with Gasteiger partial charge >= 0.3 is 0 Å². The quantitative estimate of drug-likeness (QED) is 0.500. The predicted molar refractivity (Wildman–Crippen MR) is 83.2 cm³/mol. The molecular formula is C15H19ClN2O. The van der Waals surface area contributed by atoms with Gasteiger partial charge in [-0.15, -0.1) is 0 Å². The number of halogens is 1. The molecule has 0 saturated carbocycles. The van der Waals surface area contributed by atoms with Crippen LogP contribution in [0.2, 0.25) is 0 Å². The van der Waals surface area contributed by atoms with Crippen molar-refractivity contribution < 1.29 is 4.74 Å². The standard InChI is InChI=1S/C15H19ClN2O/c1-10(2)13(16)9-17-12(4)18-14-8-11(3)6-7-15(14)19-5/h6-9H,1H2,2-5H3,(H,17,18)/b13-9+. The van der Waals surface area contributed by atoms with Gasteiger partial charge in [0.2, 0.25) is 0 Å². The van der Waals surface area contributed by atoms with Crippen LogP contribution < -0.4 is 10.1 Å². The summed E-state index contributed by atoms with van der Waals surface area (Å²) in [6.45, 7) is 9.46. The molecule has 0 heterocycles. The van der Waals surface area contributed by atoms with Crippen molar-refractivity contribution in [2.45, 2.75) is 20.8 Å². The fourth-order valence-electron chi connectivity index (χ4n) is 1.41. The number of nitrogens with one attached hydrogen (secondary N) is 1. The summed E-state index contributed by atoms with van der Waals surface area (Å²) in [7, 11) is 1.64. The number of anilines is 1. The molecule has 0 unspecified atom stereocenters. The lowest BCUT2D eigenvalue weighted by Gasteiger charge is -2.11. The van der Waals surface area contributed by atoms with Crippen molar-refractivity contribution in [3.8, 4) is 5.75 Å². The molecule has 1 aromatic carbocycles. The molecule has 4 heteroatoms. The van der Waals surface area contributed by atoms with Gasteiger partial charge in [-0.3, -0.25) is 0 Å². The average Bonchev–Trinajstić information content (AvgIpc) is 2.36. The number of amidine groups is 1. The molecule has 0 saturated heterocycles. The second-order valence-corrected chi connectivity index (χ2v) is 4.71. The van der Waals surface area contributed by atoms with Gasteiger partial charge in [-0.1, -0.05) is 24.2 Å². The number of benzene rings is 1. The van der Waals surface area contributed by atoms with Crippen LogP contribution in [0.15, 0.2) is 46.6 Å². The van der Waals surface area contributed by atoms with Gasteiger partial charge in [0.1, 0.15) is 11.6 Å². The summed E-state index contributed by atoms with van der Waals surface area (Å²) in [5.74, 6) is 1.50. The molecule has 102 valence electrons. The number of nitrogens with zero attached hydrogens (tertiary/aromatic N) is 1. The number of hydrogen-bond donors (Lipinski definition) is 1. The average molecular weight is 279 g/mol. The van der Waals surface area contributed by atoms with Crippen molar-refractivity contribution in [2.75, 3.05) is 12.4 Å². The number of methoxy groups -OCH3 is 1. The molecule has 1 rings (SSSR count). The van der Waals surface area contributed by atoms with Crippen LogP contribution in [0, 0.1) is 6.92 Å². The minimum absolute atomic E-state index is 0.539. The monoisotopic (exact) mass is 278 g/mol. The van der Waals surface area contributed by atoms with Crippen LogP contribution in [0.1, 0.15) is 19.4 Å². The van der Waals surface area contributed by atoms with Gasteiger partial charge in [0.15, 0.2) is 0 Å². The Hall–Kier alpha value is -1.74. The van der Waals surface area contributed by atoms with E-state index < -0.39 is 0 Å². The Morgan fingerprint density at radius 3 is 2.68 bits per heavy atom. The molecule has 0 bridgehead atoms. The fraction of sp³-hybridized carbons (Fsp3) is 0.267. The smallest absolute Gasteiger partial charge is 0.142 e. The van der Waals surface area contributed by atoms with Crippen molar-refractivity contribution in [2.24, 2.45) is 4.99 Å². The van der Waals surface area contributed by atoms with Gasteiger partial charge in [0.25, 0.3) is 0 Å². The van der Waals surface area contributed by atoms with Gasteiger partial charge in [-0.25, -0.2) is 4.99 Å². The van der Waals surface area contributed by atoms with E-state index in [1.807, 2.05) is 39.0 Å². The van der Waals surface area contributed by atoms with Gasteiger partial charge < -0.3 is 10.1 Å². The molecule has 0 spiro atoms. The largest absolute Gasteiger partial charge is 0.495 e. The van der Waals surface area contributed by atoms with Crippen LogP contribution in [0.25, 0.3) is 0 Å². The molecular weight excluding hydrogens is 260 g/mol. The fourth-order valence-corrected chi connectivity index (χ4v) is 1.46. The topological polar surface area (TPSA) is 33.6 Å². The van der Waals surface area contributed by atoms with Crippen LogP contribution in [0.4, 0.5) is 5.69 Å².